The monoisotopic (exact) mass is 201 g/mol. The smallest absolute Gasteiger partial charge is 0.312 e. The Labute approximate surface area is 78.0 Å². The number of rotatable bonds is 1. The van der Waals surface area contributed by atoms with Crippen LogP contribution in [0.4, 0.5) is 13.2 Å². The summed E-state index contributed by atoms with van der Waals surface area (Å²) in [5, 5.41) is 8.39. The molecular weight excluding hydrogens is 195 g/mol. The van der Waals surface area contributed by atoms with Crippen molar-refractivity contribution in [3.8, 4) is 6.07 Å². The summed E-state index contributed by atoms with van der Waals surface area (Å²) >= 11 is 0. The number of alkyl halides is 3. The highest BCUT2D eigenvalue weighted by atomic mass is 19.4. The van der Waals surface area contributed by atoms with E-state index in [1.165, 1.54) is 0 Å². The second-order valence-corrected chi connectivity index (χ2v) is 2.58. The van der Waals surface area contributed by atoms with E-state index in [2.05, 4.69) is 4.98 Å². The molecule has 0 unspecified atom stereocenters. The molecule has 14 heavy (non-hydrogen) atoms. The van der Waals surface area contributed by atoms with Crippen LogP contribution in [0.15, 0.2) is 18.3 Å². The van der Waals surface area contributed by atoms with Crippen molar-refractivity contribution in [1.82, 2.24) is 4.98 Å². The van der Waals surface area contributed by atoms with E-state index in [1.807, 2.05) is 0 Å². The van der Waals surface area contributed by atoms with E-state index in [1.54, 1.807) is 6.07 Å². The van der Waals surface area contributed by atoms with Crippen molar-refractivity contribution >= 4 is 0 Å². The SMILES string of the molecule is N#C[C@H](N)c1ccc(C(F)(F)F)nc1. The van der Waals surface area contributed by atoms with Crippen molar-refractivity contribution in [1.29, 1.82) is 5.26 Å². The van der Waals surface area contributed by atoms with Crippen molar-refractivity contribution < 1.29 is 13.2 Å². The third-order valence-electron chi connectivity index (χ3n) is 1.57. The zero-order valence-electron chi connectivity index (χ0n) is 6.92. The van der Waals surface area contributed by atoms with Crippen LogP contribution in [-0.4, -0.2) is 4.98 Å². The standard InChI is InChI=1S/C8H6F3N3/c9-8(10,11)7-2-1-5(4-14-7)6(13)3-12/h1-2,4,6H,13H2/t6-/m0/s1. The van der Waals surface area contributed by atoms with Gasteiger partial charge in [0, 0.05) is 11.8 Å². The second kappa shape index (κ2) is 3.64. The van der Waals surface area contributed by atoms with Gasteiger partial charge >= 0.3 is 6.18 Å². The summed E-state index contributed by atoms with van der Waals surface area (Å²) in [6, 6.07) is 2.70. The van der Waals surface area contributed by atoms with Gasteiger partial charge in [0.2, 0.25) is 0 Å². The van der Waals surface area contributed by atoms with Gasteiger partial charge in [0.15, 0.2) is 0 Å². The lowest BCUT2D eigenvalue weighted by Crippen LogP contribution is -2.11. The Morgan fingerprint density at radius 2 is 2.07 bits per heavy atom. The molecule has 1 aromatic rings. The summed E-state index contributed by atoms with van der Waals surface area (Å²) in [5.41, 5.74) is 4.54. The molecule has 0 saturated carbocycles. The molecule has 0 spiro atoms. The Morgan fingerprint density at radius 3 is 2.43 bits per heavy atom. The van der Waals surface area contributed by atoms with Crippen molar-refractivity contribution in [2.75, 3.05) is 0 Å². The van der Waals surface area contributed by atoms with Crippen LogP contribution in [0, 0.1) is 11.3 Å². The van der Waals surface area contributed by atoms with Gasteiger partial charge in [-0.05, 0) is 6.07 Å². The van der Waals surface area contributed by atoms with Crippen LogP contribution < -0.4 is 5.73 Å². The summed E-state index contributed by atoms with van der Waals surface area (Å²) in [7, 11) is 0. The average Bonchev–Trinajstić information content (AvgIpc) is 2.15. The normalized spacial score (nSPS) is 13.4. The Bertz CT molecular complexity index is 350. The first kappa shape index (κ1) is 10.5. The summed E-state index contributed by atoms with van der Waals surface area (Å²) < 4.78 is 36.1. The van der Waals surface area contributed by atoms with Crippen LogP contribution >= 0.6 is 0 Å². The highest BCUT2D eigenvalue weighted by Gasteiger charge is 2.32. The predicted octanol–water partition coefficient (Wildman–Crippen LogP) is 1.62. The first-order valence-corrected chi connectivity index (χ1v) is 3.63. The minimum absolute atomic E-state index is 0.264. The van der Waals surface area contributed by atoms with E-state index < -0.39 is 17.9 Å². The molecule has 3 nitrogen and oxygen atoms in total. The fraction of sp³-hybridized carbons (Fsp3) is 0.250. The van der Waals surface area contributed by atoms with Crippen molar-refractivity contribution in [2.24, 2.45) is 5.73 Å². The number of aromatic nitrogens is 1. The molecule has 0 aliphatic heterocycles. The van der Waals surface area contributed by atoms with Gasteiger partial charge < -0.3 is 5.73 Å². The third-order valence-corrected chi connectivity index (χ3v) is 1.57. The summed E-state index contributed by atoms with van der Waals surface area (Å²) in [5.74, 6) is 0. The molecule has 1 atom stereocenters. The van der Waals surface area contributed by atoms with Crippen LogP contribution in [0.3, 0.4) is 0 Å². The van der Waals surface area contributed by atoms with E-state index in [0.29, 0.717) is 0 Å². The Morgan fingerprint density at radius 1 is 1.43 bits per heavy atom. The quantitative estimate of drug-likeness (QED) is 0.750. The molecule has 74 valence electrons. The van der Waals surface area contributed by atoms with Crippen LogP contribution in [0.25, 0.3) is 0 Å². The molecule has 0 amide bonds. The van der Waals surface area contributed by atoms with E-state index >= 15 is 0 Å². The third kappa shape index (κ3) is 2.20. The van der Waals surface area contributed by atoms with Crippen LogP contribution in [-0.2, 0) is 6.18 Å². The number of nitrogens with two attached hydrogens (primary N) is 1. The highest BCUT2D eigenvalue weighted by Crippen LogP contribution is 2.27. The van der Waals surface area contributed by atoms with Crippen LogP contribution in [0.5, 0.6) is 0 Å². The molecule has 0 aromatic carbocycles. The maximum atomic E-state index is 12.0. The maximum absolute atomic E-state index is 12.0. The summed E-state index contributed by atoms with van der Waals surface area (Å²) in [4.78, 5) is 3.16. The van der Waals surface area contributed by atoms with Gasteiger partial charge in [-0.1, -0.05) is 6.07 Å². The molecular formula is C8H6F3N3. The molecule has 0 saturated heterocycles. The lowest BCUT2D eigenvalue weighted by molar-refractivity contribution is -0.141. The fourth-order valence-electron chi connectivity index (χ4n) is 0.831. The second-order valence-electron chi connectivity index (χ2n) is 2.58. The molecule has 0 radical (unpaired) electrons. The lowest BCUT2D eigenvalue weighted by Gasteiger charge is -2.06. The summed E-state index contributed by atoms with van der Waals surface area (Å²) in [6.45, 7) is 0. The lowest BCUT2D eigenvalue weighted by atomic mass is 10.1. The average molecular weight is 201 g/mol. The number of hydrogen-bond acceptors (Lipinski definition) is 3. The molecule has 1 aromatic heterocycles. The highest BCUT2D eigenvalue weighted by molar-refractivity contribution is 5.22. The van der Waals surface area contributed by atoms with Crippen molar-refractivity contribution in [3.05, 3.63) is 29.6 Å². The Kier molecular flexibility index (Phi) is 2.72. The van der Waals surface area contributed by atoms with Gasteiger partial charge in [-0.2, -0.15) is 18.4 Å². The topological polar surface area (TPSA) is 62.7 Å². The molecule has 0 bridgehead atoms. The van der Waals surface area contributed by atoms with Crippen LogP contribution in [0.2, 0.25) is 0 Å². The number of halogens is 3. The molecule has 2 N–H and O–H groups in total. The zero-order valence-corrected chi connectivity index (χ0v) is 6.92. The van der Waals surface area contributed by atoms with Gasteiger partial charge in [-0.15, -0.1) is 0 Å². The van der Waals surface area contributed by atoms with Gasteiger partial charge in [0.25, 0.3) is 0 Å². The minimum Gasteiger partial charge on any atom is -0.312 e. The van der Waals surface area contributed by atoms with Gasteiger partial charge in [0.05, 0.1) is 6.07 Å². The maximum Gasteiger partial charge on any atom is 0.433 e. The number of nitriles is 1. The molecule has 0 aliphatic rings. The molecule has 0 fully saturated rings. The summed E-state index contributed by atoms with van der Waals surface area (Å²) in [6.07, 6.45) is -3.51. The van der Waals surface area contributed by atoms with E-state index in [9.17, 15) is 13.2 Å². The van der Waals surface area contributed by atoms with Crippen molar-refractivity contribution in [3.63, 3.8) is 0 Å². The fourth-order valence-corrected chi connectivity index (χ4v) is 0.831. The zero-order chi connectivity index (χ0) is 10.8. The van der Waals surface area contributed by atoms with Crippen molar-refractivity contribution in [2.45, 2.75) is 12.2 Å². The minimum atomic E-state index is -4.46. The molecule has 1 heterocycles. The van der Waals surface area contributed by atoms with E-state index in [4.69, 9.17) is 11.0 Å². The Hall–Kier alpha value is -1.61. The molecule has 1 rings (SSSR count). The van der Waals surface area contributed by atoms with E-state index in [-0.39, 0.29) is 5.56 Å². The molecule has 0 aliphatic carbocycles. The Balaban J connectivity index is 2.96. The molecule has 6 heteroatoms. The van der Waals surface area contributed by atoms with Crippen LogP contribution in [0.1, 0.15) is 17.3 Å². The number of nitrogens with zero attached hydrogens (tertiary/aromatic N) is 2. The van der Waals surface area contributed by atoms with E-state index in [0.717, 1.165) is 18.3 Å². The first-order valence-electron chi connectivity index (χ1n) is 3.63. The predicted molar refractivity (Wildman–Crippen MR) is 41.8 cm³/mol. The van der Waals surface area contributed by atoms with Gasteiger partial charge in [0.1, 0.15) is 11.7 Å². The van der Waals surface area contributed by atoms with Gasteiger partial charge in [-0.3, -0.25) is 4.98 Å². The van der Waals surface area contributed by atoms with Gasteiger partial charge in [-0.25, -0.2) is 0 Å². The number of pyridine rings is 1. The number of hydrogen-bond donors (Lipinski definition) is 1. The first-order chi connectivity index (χ1) is 6.45. The largest absolute Gasteiger partial charge is 0.433 e.